The zero-order valence-electron chi connectivity index (χ0n) is 11.5. The topological polar surface area (TPSA) is 52.3 Å². The molecule has 0 aliphatic heterocycles. The summed E-state index contributed by atoms with van der Waals surface area (Å²) in [5.74, 6) is 1.36. The Morgan fingerprint density at radius 1 is 1.37 bits per heavy atom. The SMILES string of the molecule is COc1cccc(C(N)CS(=O)C2CCCCC2)c1. The Morgan fingerprint density at radius 2 is 2.11 bits per heavy atom. The summed E-state index contributed by atoms with van der Waals surface area (Å²) in [4.78, 5) is 0. The van der Waals surface area contributed by atoms with Crippen molar-refractivity contribution >= 4 is 10.8 Å². The van der Waals surface area contributed by atoms with E-state index in [2.05, 4.69) is 0 Å². The molecule has 1 aliphatic carbocycles. The Balaban J connectivity index is 1.95. The van der Waals surface area contributed by atoms with Crippen molar-refractivity contribution in [2.24, 2.45) is 5.73 Å². The number of hydrogen-bond donors (Lipinski definition) is 1. The first-order valence-electron chi connectivity index (χ1n) is 6.97. The van der Waals surface area contributed by atoms with Gasteiger partial charge in [-0.2, -0.15) is 0 Å². The number of methoxy groups -OCH3 is 1. The van der Waals surface area contributed by atoms with E-state index in [0.717, 1.165) is 24.2 Å². The average Bonchev–Trinajstić information content (AvgIpc) is 2.48. The van der Waals surface area contributed by atoms with Gasteiger partial charge in [0.25, 0.3) is 0 Å². The number of ether oxygens (including phenoxy) is 1. The molecule has 1 fully saturated rings. The first-order valence-corrected chi connectivity index (χ1v) is 8.35. The Kier molecular flexibility index (Phi) is 5.40. The zero-order chi connectivity index (χ0) is 13.7. The molecule has 4 heteroatoms. The van der Waals surface area contributed by atoms with Gasteiger partial charge in [0.2, 0.25) is 0 Å². The summed E-state index contributed by atoms with van der Waals surface area (Å²) in [5.41, 5.74) is 7.18. The van der Waals surface area contributed by atoms with Gasteiger partial charge >= 0.3 is 0 Å². The molecule has 0 heterocycles. The van der Waals surface area contributed by atoms with Crippen LogP contribution in [0.2, 0.25) is 0 Å². The van der Waals surface area contributed by atoms with Crippen LogP contribution in [0.15, 0.2) is 24.3 Å². The summed E-state index contributed by atoms with van der Waals surface area (Å²) in [6.45, 7) is 0. The molecule has 1 aromatic carbocycles. The maximum atomic E-state index is 12.3. The molecule has 2 rings (SSSR count). The standard InChI is InChI=1S/C15H23NO2S/c1-18-13-7-5-6-12(10-13)15(16)11-19(17)14-8-3-2-4-9-14/h5-7,10,14-15H,2-4,8-9,11,16H2,1H3. The van der Waals surface area contributed by atoms with Crippen molar-refractivity contribution in [2.75, 3.05) is 12.9 Å². The van der Waals surface area contributed by atoms with Crippen molar-refractivity contribution in [3.05, 3.63) is 29.8 Å². The molecule has 2 atom stereocenters. The molecule has 0 aromatic heterocycles. The van der Waals surface area contributed by atoms with Gasteiger partial charge in [-0.05, 0) is 30.5 Å². The molecule has 106 valence electrons. The molecular formula is C15H23NO2S. The van der Waals surface area contributed by atoms with E-state index in [9.17, 15) is 4.21 Å². The average molecular weight is 281 g/mol. The summed E-state index contributed by atoms with van der Waals surface area (Å²) in [6, 6.07) is 7.57. The van der Waals surface area contributed by atoms with Gasteiger partial charge in [-0.3, -0.25) is 4.21 Å². The molecule has 1 aromatic rings. The number of benzene rings is 1. The Morgan fingerprint density at radius 3 is 2.79 bits per heavy atom. The van der Waals surface area contributed by atoms with Crippen LogP contribution in [0.3, 0.4) is 0 Å². The highest BCUT2D eigenvalue weighted by Gasteiger charge is 2.22. The van der Waals surface area contributed by atoms with E-state index in [-0.39, 0.29) is 6.04 Å². The second-order valence-corrected chi connectivity index (χ2v) is 6.95. The molecule has 2 N–H and O–H groups in total. The largest absolute Gasteiger partial charge is 0.497 e. The van der Waals surface area contributed by atoms with Crippen LogP contribution in [-0.2, 0) is 10.8 Å². The highest BCUT2D eigenvalue weighted by Crippen LogP contribution is 2.25. The predicted octanol–water partition coefficient (Wildman–Crippen LogP) is 2.78. The normalized spacial score (nSPS) is 19.9. The fourth-order valence-electron chi connectivity index (χ4n) is 2.61. The maximum Gasteiger partial charge on any atom is 0.119 e. The first-order chi connectivity index (χ1) is 9.20. The molecule has 0 spiro atoms. The molecule has 0 saturated heterocycles. The van der Waals surface area contributed by atoms with Gasteiger partial charge in [0.15, 0.2) is 0 Å². The first kappa shape index (κ1) is 14.5. The van der Waals surface area contributed by atoms with Gasteiger partial charge in [-0.25, -0.2) is 0 Å². The van der Waals surface area contributed by atoms with Crippen molar-refractivity contribution in [3.8, 4) is 5.75 Å². The third-order valence-corrected chi connectivity index (χ3v) is 5.69. The van der Waals surface area contributed by atoms with Crippen LogP contribution in [0.25, 0.3) is 0 Å². The van der Waals surface area contributed by atoms with Gasteiger partial charge in [0.1, 0.15) is 5.75 Å². The monoisotopic (exact) mass is 281 g/mol. The molecule has 0 radical (unpaired) electrons. The number of hydrogen-bond acceptors (Lipinski definition) is 3. The Bertz CT molecular complexity index is 430. The van der Waals surface area contributed by atoms with E-state index in [1.165, 1.54) is 19.3 Å². The third kappa shape index (κ3) is 4.05. The highest BCUT2D eigenvalue weighted by molar-refractivity contribution is 7.85. The second kappa shape index (κ2) is 7.06. The molecule has 3 nitrogen and oxygen atoms in total. The molecular weight excluding hydrogens is 258 g/mol. The van der Waals surface area contributed by atoms with Crippen LogP contribution in [0.5, 0.6) is 5.75 Å². The predicted molar refractivity (Wildman–Crippen MR) is 79.8 cm³/mol. The lowest BCUT2D eigenvalue weighted by molar-refractivity contribution is 0.414. The molecule has 0 bridgehead atoms. The number of nitrogens with two attached hydrogens (primary N) is 1. The quantitative estimate of drug-likeness (QED) is 0.903. The van der Waals surface area contributed by atoms with Crippen LogP contribution in [0, 0.1) is 0 Å². The Labute approximate surface area is 118 Å². The van der Waals surface area contributed by atoms with Crippen LogP contribution >= 0.6 is 0 Å². The van der Waals surface area contributed by atoms with Crippen LogP contribution in [0.4, 0.5) is 0 Å². The van der Waals surface area contributed by atoms with Crippen LogP contribution < -0.4 is 10.5 Å². The highest BCUT2D eigenvalue weighted by atomic mass is 32.2. The van der Waals surface area contributed by atoms with E-state index in [4.69, 9.17) is 10.5 Å². The Hall–Kier alpha value is -0.870. The molecule has 1 aliphatic rings. The lowest BCUT2D eigenvalue weighted by Gasteiger charge is -2.22. The summed E-state index contributed by atoms with van der Waals surface area (Å²) in [5, 5.41) is 0.352. The minimum atomic E-state index is -0.811. The van der Waals surface area contributed by atoms with Crippen molar-refractivity contribution in [1.82, 2.24) is 0 Å². The third-order valence-electron chi connectivity index (χ3n) is 3.79. The van der Waals surface area contributed by atoms with Gasteiger partial charge < -0.3 is 10.5 Å². The minimum Gasteiger partial charge on any atom is -0.497 e. The van der Waals surface area contributed by atoms with E-state index in [0.29, 0.717) is 11.0 Å². The van der Waals surface area contributed by atoms with E-state index in [1.807, 2.05) is 24.3 Å². The lowest BCUT2D eigenvalue weighted by Crippen LogP contribution is -2.26. The lowest BCUT2D eigenvalue weighted by atomic mass is 10.0. The fraction of sp³-hybridized carbons (Fsp3) is 0.600. The summed E-state index contributed by atoms with van der Waals surface area (Å²) in [7, 11) is 0.832. The van der Waals surface area contributed by atoms with Gasteiger partial charge in [0, 0.05) is 27.8 Å². The smallest absolute Gasteiger partial charge is 0.119 e. The van der Waals surface area contributed by atoms with Gasteiger partial charge in [-0.1, -0.05) is 31.4 Å². The summed E-state index contributed by atoms with van der Waals surface area (Å²) < 4.78 is 17.5. The van der Waals surface area contributed by atoms with Crippen molar-refractivity contribution in [1.29, 1.82) is 0 Å². The molecule has 0 amide bonds. The minimum absolute atomic E-state index is 0.169. The van der Waals surface area contributed by atoms with E-state index < -0.39 is 10.8 Å². The second-order valence-electron chi connectivity index (χ2n) is 5.19. The van der Waals surface area contributed by atoms with Crippen molar-refractivity contribution in [3.63, 3.8) is 0 Å². The van der Waals surface area contributed by atoms with E-state index >= 15 is 0 Å². The van der Waals surface area contributed by atoms with Crippen LogP contribution in [-0.4, -0.2) is 22.3 Å². The maximum absolute atomic E-state index is 12.3. The van der Waals surface area contributed by atoms with Crippen LogP contribution in [0.1, 0.15) is 43.7 Å². The summed E-state index contributed by atoms with van der Waals surface area (Å²) >= 11 is 0. The molecule has 1 saturated carbocycles. The zero-order valence-corrected chi connectivity index (χ0v) is 12.3. The van der Waals surface area contributed by atoms with Gasteiger partial charge in [0.05, 0.1) is 7.11 Å². The van der Waals surface area contributed by atoms with Crippen molar-refractivity contribution < 1.29 is 8.95 Å². The molecule has 19 heavy (non-hydrogen) atoms. The molecule has 2 unspecified atom stereocenters. The van der Waals surface area contributed by atoms with E-state index in [1.54, 1.807) is 7.11 Å². The summed E-state index contributed by atoms with van der Waals surface area (Å²) in [6.07, 6.45) is 5.90. The van der Waals surface area contributed by atoms with Gasteiger partial charge in [-0.15, -0.1) is 0 Å². The fourth-order valence-corrected chi connectivity index (χ4v) is 4.29. The number of rotatable bonds is 5. The van der Waals surface area contributed by atoms with Crippen molar-refractivity contribution in [2.45, 2.75) is 43.4 Å².